The lowest BCUT2D eigenvalue weighted by Gasteiger charge is -2.29. The number of ether oxygens (including phenoxy) is 1. The molecular formula is C17H25ClN2O. The number of aromatic nitrogens is 2. The van der Waals surface area contributed by atoms with Crippen molar-refractivity contribution in [1.82, 2.24) is 9.55 Å². The minimum Gasteiger partial charge on any atom is -0.489 e. The van der Waals surface area contributed by atoms with Gasteiger partial charge in [-0.1, -0.05) is 19.4 Å². The summed E-state index contributed by atoms with van der Waals surface area (Å²) in [5, 5.41) is 0. The van der Waals surface area contributed by atoms with Gasteiger partial charge in [-0.25, -0.2) is 4.98 Å². The van der Waals surface area contributed by atoms with Crippen LogP contribution in [0, 0.1) is 0 Å². The standard InChI is InChI=1S/C17H25ClN2O/c1-6-10-17(4,5)20-13-8-7-9-14(21-12(2)3)16(13)19-15(20)11-18/h7-9,12H,6,10-11H2,1-5H3. The molecule has 2 aromatic rings. The van der Waals surface area contributed by atoms with E-state index in [1.165, 1.54) is 0 Å². The van der Waals surface area contributed by atoms with Crippen molar-refractivity contribution in [1.29, 1.82) is 0 Å². The average Bonchev–Trinajstić information content (AvgIpc) is 2.78. The van der Waals surface area contributed by atoms with Crippen molar-refractivity contribution in [3.8, 4) is 5.75 Å². The Kier molecular flexibility index (Phi) is 4.82. The van der Waals surface area contributed by atoms with E-state index in [-0.39, 0.29) is 11.6 Å². The van der Waals surface area contributed by atoms with Gasteiger partial charge in [-0.2, -0.15) is 0 Å². The topological polar surface area (TPSA) is 27.1 Å². The second-order valence-corrected chi connectivity index (χ2v) is 6.62. The Hall–Kier alpha value is -1.22. The van der Waals surface area contributed by atoms with Gasteiger partial charge in [0.25, 0.3) is 0 Å². The number of para-hydroxylation sites is 1. The van der Waals surface area contributed by atoms with E-state index in [1.807, 2.05) is 26.0 Å². The van der Waals surface area contributed by atoms with E-state index in [0.717, 1.165) is 35.4 Å². The highest BCUT2D eigenvalue weighted by Crippen LogP contribution is 2.33. The fourth-order valence-corrected chi connectivity index (χ4v) is 3.14. The van der Waals surface area contributed by atoms with E-state index in [1.54, 1.807) is 0 Å². The van der Waals surface area contributed by atoms with E-state index in [2.05, 4.69) is 31.4 Å². The van der Waals surface area contributed by atoms with E-state index >= 15 is 0 Å². The molecule has 4 heteroatoms. The van der Waals surface area contributed by atoms with Gasteiger partial charge in [-0.15, -0.1) is 11.6 Å². The lowest BCUT2D eigenvalue weighted by molar-refractivity contribution is 0.245. The summed E-state index contributed by atoms with van der Waals surface area (Å²) in [4.78, 5) is 4.74. The first-order chi connectivity index (χ1) is 9.90. The van der Waals surface area contributed by atoms with Crippen LogP contribution in [0.2, 0.25) is 0 Å². The van der Waals surface area contributed by atoms with E-state index < -0.39 is 0 Å². The Morgan fingerprint density at radius 1 is 1.33 bits per heavy atom. The van der Waals surface area contributed by atoms with Crippen molar-refractivity contribution < 1.29 is 4.74 Å². The van der Waals surface area contributed by atoms with Crippen molar-refractivity contribution in [2.75, 3.05) is 0 Å². The predicted octanol–water partition coefficient (Wildman–Crippen LogP) is 5.10. The van der Waals surface area contributed by atoms with Crippen LogP contribution in [0.3, 0.4) is 0 Å². The summed E-state index contributed by atoms with van der Waals surface area (Å²) in [5.41, 5.74) is 2.00. The molecule has 2 rings (SSSR count). The summed E-state index contributed by atoms with van der Waals surface area (Å²) in [7, 11) is 0. The first-order valence-electron chi connectivity index (χ1n) is 7.64. The molecule has 0 radical (unpaired) electrons. The Labute approximate surface area is 132 Å². The predicted molar refractivity (Wildman–Crippen MR) is 89.3 cm³/mol. The van der Waals surface area contributed by atoms with Crippen LogP contribution in [0.1, 0.15) is 53.3 Å². The molecule has 0 aliphatic heterocycles. The summed E-state index contributed by atoms with van der Waals surface area (Å²) in [5.74, 6) is 2.15. The highest BCUT2D eigenvalue weighted by molar-refractivity contribution is 6.16. The van der Waals surface area contributed by atoms with Gasteiger partial charge in [-0.3, -0.25) is 0 Å². The molecule has 1 heterocycles. The lowest BCUT2D eigenvalue weighted by atomic mass is 9.98. The molecule has 3 nitrogen and oxygen atoms in total. The number of rotatable bonds is 6. The SMILES string of the molecule is CCCC(C)(C)n1c(CCl)nc2c(OC(C)C)cccc21. The molecule has 116 valence electrons. The quantitative estimate of drug-likeness (QED) is 0.694. The van der Waals surface area contributed by atoms with Gasteiger partial charge in [0, 0.05) is 5.54 Å². The minimum absolute atomic E-state index is 0.00974. The van der Waals surface area contributed by atoms with E-state index in [4.69, 9.17) is 21.3 Å². The van der Waals surface area contributed by atoms with Gasteiger partial charge >= 0.3 is 0 Å². The summed E-state index contributed by atoms with van der Waals surface area (Å²) in [6.45, 7) is 10.7. The number of imidazole rings is 1. The number of alkyl halides is 1. The molecule has 0 aliphatic rings. The first-order valence-corrected chi connectivity index (χ1v) is 8.17. The van der Waals surface area contributed by atoms with Gasteiger partial charge in [0.1, 0.15) is 17.1 Å². The number of fused-ring (bicyclic) bond motifs is 1. The number of halogens is 1. The van der Waals surface area contributed by atoms with Crippen molar-refractivity contribution in [2.45, 2.75) is 65.0 Å². The normalized spacial score (nSPS) is 12.3. The Morgan fingerprint density at radius 3 is 2.62 bits per heavy atom. The zero-order valence-corrected chi connectivity index (χ0v) is 14.4. The molecule has 0 atom stereocenters. The first kappa shape index (κ1) is 16.2. The second-order valence-electron chi connectivity index (χ2n) is 6.35. The van der Waals surface area contributed by atoms with Crippen molar-refractivity contribution in [3.05, 3.63) is 24.0 Å². The molecule has 1 aromatic carbocycles. The van der Waals surface area contributed by atoms with Gasteiger partial charge in [0.2, 0.25) is 0 Å². The van der Waals surface area contributed by atoms with Crippen LogP contribution in [0.4, 0.5) is 0 Å². The maximum atomic E-state index is 6.14. The Balaban J connectivity index is 2.65. The van der Waals surface area contributed by atoms with E-state index in [9.17, 15) is 0 Å². The van der Waals surface area contributed by atoms with Crippen LogP contribution in [0.5, 0.6) is 5.75 Å². The zero-order valence-electron chi connectivity index (χ0n) is 13.6. The van der Waals surface area contributed by atoms with Crippen molar-refractivity contribution in [3.63, 3.8) is 0 Å². The maximum absolute atomic E-state index is 6.14. The summed E-state index contributed by atoms with van der Waals surface area (Å²) >= 11 is 6.14. The maximum Gasteiger partial charge on any atom is 0.147 e. The fourth-order valence-electron chi connectivity index (χ4n) is 2.96. The summed E-state index contributed by atoms with van der Waals surface area (Å²) < 4.78 is 8.16. The molecule has 0 amide bonds. The number of hydrogen-bond donors (Lipinski definition) is 0. The third kappa shape index (κ3) is 3.18. The van der Waals surface area contributed by atoms with Crippen molar-refractivity contribution in [2.24, 2.45) is 0 Å². The fraction of sp³-hybridized carbons (Fsp3) is 0.588. The zero-order chi connectivity index (χ0) is 15.6. The van der Waals surface area contributed by atoms with Gasteiger partial charge in [0.15, 0.2) is 0 Å². The van der Waals surface area contributed by atoms with Crippen molar-refractivity contribution >= 4 is 22.6 Å². The lowest BCUT2D eigenvalue weighted by Crippen LogP contribution is -2.27. The molecular weight excluding hydrogens is 284 g/mol. The molecule has 0 saturated heterocycles. The minimum atomic E-state index is -0.00974. The van der Waals surface area contributed by atoms with Crippen LogP contribution in [0.25, 0.3) is 11.0 Å². The van der Waals surface area contributed by atoms with Crippen LogP contribution in [-0.2, 0) is 11.4 Å². The van der Waals surface area contributed by atoms with Crippen LogP contribution >= 0.6 is 11.6 Å². The largest absolute Gasteiger partial charge is 0.489 e. The second kappa shape index (κ2) is 6.27. The van der Waals surface area contributed by atoms with Gasteiger partial charge < -0.3 is 9.30 Å². The monoisotopic (exact) mass is 308 g/mol. The van der Waals surface area contributed by atoms with Crippen LogP contribution < -0.4 is 4.74 Å². The van der Waals surface area contributed by atoms with E-state index in [0.29, 0.717) is 5.88 Å². The molecule has 0 fully saturated rings. The number of nitrogens with zero attached hydrogens (tertiary/aromatic N) is 2. The highest BCUT2D eigenvalue weighted by Gasteiger charge is 2.26. The van der Waals surface area contributed by atoms with Gasteiger partial charge in [0.05, 0.1) is 17.5 Å². The Morgan fingerprint density at radius 2 is 2.05 bits per heavy atom. The smallest absolute Gasteiger partial charge is 0.147 e. The Bertz CT molecular complexity index is 617. The average molecular weight is 309 g/mol. The van der Waals surface area contributed by atoms with Crippen LogP contribution in [-0.4, -0.2) is 15.7 Å². The summed E-state index contributed by atoms with van der Waals surface area (Å²) in [6, 6.07) is 6.10. The molecule has 1 aromatic heterocycles. The third-order valence-electron chi connectivity index (χ3n) is 3.67. The van der Waals surface area contributed by atoms with Gasteiger partial charge in [-0.05, 0) is 46.2 Å². The molecule has 0 N–H and O–H groups in total. The number of hydrogen-bond acceptors (Lipinski definition) is 2. The van der Waals surface area contributed by atoms with Crippen LogP contribution in [0.15, 0.2) is 18.2 Å². The highest BCUT2D eigenvalue weighted by atomic mass is 35.5. The summed E-state index contributed by atoms with van der Waals surface area (Å²) in [6.07, 6.45) is 2.33. The third-order valence-corrected chi connectivity index (χ3v) is 3.91. The number of benzene rings is 1. The molecule has 0 unspecified atom stereocenters. The molecule has 0 bridgehead atoms. The molecule has 21 heavy (non-hydrogen) atoms. The molecule has 0 aliphatic carbocycles. The molecule has 0 saturated carbocycles. The molecule has 0 spiro atoms.